The van der Waals surface area contributed by atoms with E-state index < -0.39 is 8.07 Å². The van der Waals surface area contributed by atoms with Crippen molar-refractivity contribution in [3.8, 4) is 11.3 Å². The van der Waals surface area contributed by atoms with Crippen LogP contribution in [0.4, 0.5) is 0 Å². The molecule has 2 aromatic heterocycles. The van der Waals surface area contributed by atoms with Crippen molar-refractivity contribution >= 4 is 35.2 Å². The summed E-state index contributed by atoms with van der Waals surface area (Å²) in [5.41, 5.74) is 3.66. The van der Waals surface area contributed by atoms with Crippen molar-refractivity contribution < 1.29 is 34.7 Å². The third kappa shape index (κ3) is 4.77. The van der Waals surface area contributed by atoms with E-state index in [0.717, 1.165) is 42.0 Å². The van der Waals surface area contributed by atoms with Crippen LogP contribution in [0.2, 0.25) is 19.6 Å². The molecule has 6 heteroatoms. The van der Waals surface area contributed by atoms with E-state index in [1.54, 1.807) is 6.20 Å². The number of aliphatic hydroxyl groups is 2. The van der Waals surface area contributed by atoms with Crippen LogP contribution in [-0.4, -0.2) is 37.5 Å². The maximum atomic E-state index is 7.00. The molecule has 0 aliphatic carbocycles. The Morgan fingerprint density at radius 3 is 2.25 bits per heavy atom. The van der Waals surface area contributed by atoms with Gasteiger partial charge in [-0.05, 0) is 17.8 Å². The Hall–Kier alpha value is -1.82. The van der Waals surface area contributed by atoms with E-state index >= 15 is 0 Å². The molecule has 0 saturated carbocycles. The van der Waals surface area contributed by atoms with Gasteiger partial charge in [-0.3, -0.25) is 0 Å². The average Bonchev–Trinajstić information content (AvgIpc) is 3.09. The molecule has 0 atom stereocenters. The van der Waals surface area contributed by atoms with Gasteiger partial charge in [0.1, 0.15) is 5.58 Å². The molecule has 1 radical (unpaired) electrons. The smallest absolute Gasteiger partial charge is 0.120 e. The fourth-order valence-corrected chi connectivity index (χ4v) is 4.72. The minimum atomic E-state index is -1.46. The number of aliphatic hydroxyl groups excluding tert-OH is 2. The van der Waals surface area contributed by atoms with Crippen LogP contribution in [0.25, 0.3) is 33.2 Å². The summed E-state index contributed by atoms with van der Waals surface area (Å²) >= 11 is 0. The quantitative estimate of drug-likeness (QED) is 0.279. The first-order valence-corrected chi connectivity index (χ1v) is 12.2. The Morgan fingerprint density at radius 2 is 1.64 bits per heavy atom. The van der Waals surface area contributed by atoms with Gasteiger partial charge in [0.05, 0.1) is 13.7 Å². The van der Waals surface area contributed by atoms with E-state index in [1.807, 2.05) is 24.3 Å². The Bertz CT molecular complexity index is 1010. The zero-order chi connectivity index (χ0) is 20.0. The van der Waals surface area contributed by atoms with Gasteiger partial charge in [0.2, 0.25) is 0 Å². The van der Waals surface area contributed by atoms with Crippen LogP contribution in [0.5, 0.6) is 0 Å². The Balaban J connectivity index is 0.000000739. The van der Waals surface area contributed by atoms with E-state index in [-0.39, 0.29) is 20.1 Å². The van der Waals surface area contributed by atoms with E-state index in [1.165, 1.54) is 10.6 Å². The molecule has 28 heavy (non-hydrogen) atoms. The minimum absolute atomic E-state index is 0. The molecule has 0 unspecified atom stereocenters. The Kier molecular flexibility index (Phi) is 9.21. The van der Waals surface area contributed by atoms with Crippen LogP contribution in [0, 0.1) is 6.07 Å². The molecule has 0 amide bonds. The number of hydrogen-bond acceptors (Lipinski definition) is 4. The summed E-state index contributed by atoms with van der Waals surface area (Å²) in [4.78, 5) is 4.46. The number of aromatic nitrogens is 1. The monoisotopic (exact) mass is 573 g/mol. The maximum absolute atomic E-state index is 7.00. The summed E-state index contributed by atoms with van der Waals surface area (Å²) in [5, 5.41) is 17.9. The molecule has 4 rings (SSSR count). The SMILES string of the molecule is CO.CO.C[Si](C)(C)c1cccc2oc3c(-c4ccccn4)[c-]ccc3c12.[Ir]. The van der Waals surface area contributed by atoms with Crippen molar-refractivity contribution in [3.05, 3.63) is 60.8 Å². The topological polar surface area (TPSA) is 66.5 Å². The predicted octanol–water partition coefficient (Wildman–Crippen LogP) is 4.21. The first-order chi connectivity index (χ1) is 13.1. The molecule has 0 fully saturated rings. The fourth-order valence-electron chi connectivity index (χ4n) is 3.12. The average molecular weight is 573 g/mol. The van der Waals surface area contributed by atoms with Gasteiger partial charge in [-0.2, -0.15) is 0 Å². The summed E-state index contributed by atoms with van der Waals surface area (Å²) in [6.45, 7) is 7.11. The van der Waals surface area contributed by atoms with Gasteiger partial charge in [0.25, 0.3) is 0 Å². The molecule has 4 nitrogen and oxygen atoms in total. The van der Waals surface area contributed by atoms with Gasteiger partial charge >= 0.3 is 0 Å². The summed E-state index contributed by atoms with van der Waals surface area (Å²) in [6.07, 6.45) is 1.80. The second-order valence-corrected chi connectivity index (χ2v) is 11.9. The second-order valence-electron chi connectivity index (χ2n) is 6.84. The largest absolute Gasteiger partial charge is 0.501 e. The number of nitrogens with zero attached hydrogens (tertiary/aromatic N) is 1. The molecule has 2 aromatic carbocycles. The van der Waals surface area contributed by atoms with Gasteiger partial charge < -0.3 is 19.6 Å². The molecule has 2 heterocycles. The van der Waals surface area contributed by atoms with E-state index in [9.17, 15) is 0 Å². The Labute approximate surface area is 180 Å². The van der Waals surface area contributed by atoms with Crippen molar-refractivity contribution in [2.24, 2.45) is 0 Å². The Morgan fingerprint density at radius 1 is 0.929 bits per heavy atom. The van der Waals surface area contributed by atoms with E-state index in [2.05, 4.69) is 55.0 Å². The molecule has 2 N–H and O–H groups in total. The number of rotatable bonds is 2. The zero-order valence-electron chi connectivity index (χ0n) is 16.8. The molecular formula is C22H26IrNO3Si-. The van der Waals surface area contributed by atoms with E-state index in [0.29, 0.717) is 0 Å². The number of fused-ring (bicyclic) bond motifs is 3. The van der Waals surface area contributed by atoms with Gasteiger partial charge in [-0.25, -0.2) is 0 Å². The summed E-state index contributed by atoms with van der Waals surface area (Å²) < 4.78 is 6.22. The zero-order valence-corrected chi connectivity index (χ0v) is 20.2. The molecule has 4 aromatic rings. The van der Waals surface area contributed by atoms with Gasteiger partial charge in [0.15, 0.2) is 0 Å². The van der Waals surface area contributed by atoms with E-state index in [4.69, 9.17) is 14.6 Å². The third-order valence-electron chi connectivity index (χ3n) is 4.19. The van der Waals surface area contributed by atoms with Crippen LogP contribution in [-0.2, 0) is 20.1 Å². The predicted molar refractivity (Wildman–Crippen MR) is 115 cm³/mol. The molecule has 0 aliphatic rings. The number of furan rings is 1. The van der Waals surface area contributed by atoms with Crippen molar-refractivity contribution in [3.63, 3.8) is 0 Å². The second kappa shape index (κ2) is 10.6. The number of pyridine rings is 1. The minimum Gasteiger partial charge on any atom is -0.501 e. The molecule has 0 spiro atoms. The summed E-state index contributed by atoms with van der Waals surface area (Å²) in [6, 6.07) is 19.7. The summed E-state index contributed by atoms with van der Waals surface area (Å²) in [5.74, 6) is 0. The fraction of sp³-hybridized carbons (Fsp3) is 0.227. The normalized spacial score (nSPS) is 10.4. The van der Waals surface area contributed by atoms with Gasteiger partial charge in [-0.15, -0.1) is 18.2 Å². The maximum Gasteiger partial charge on any atom is 0.120 e. The standard InChI is InChI=1S/C20H18NOSi.2CH4O.Ir/c1-23(2,3)18-12-7-11-17-19(18)15-9-6-8-14(20(15)22-17)16-10-4-5-13-21-16;2*1-2;/h4-7,9-13H,1-3H3;2*2H,1H3;/q-1;;;. The molecule has 151 valence electrons. The third-order valence-corrected chi connectivity index (χ3v) is 6.22. The van der Waals surface area contributed by atoms with Gasteiger partial charge in [-0.1, -0.05) is 60.0 Å². The van der Waals surface area contributed by atoms with Crippen LogP contribution in [0.3, 0.4) is 0 Å². The van der Waals surface area contributed by atoms with Crippen LogP contribution in [0.15, 0.2) is 59.1 Å². The molecule has 0 bridgehead atoms. The molecule has 0 aliphatic heterocycles. The molecule has 0 saturated heterocycles. The van der Waals surface area contributed by atoms with Gasteiger partial charge in [0, 0.05) is 45.9 Å². The van der Waals surface area contributed by atoms with Crippen LogP contribution >= 0.6 is 0 Å². The van der Waals surface area contributed by atoms with Crippen LogP contribution < -0.4 is 5.19 Å². The van der Waals surface area contributed by atoms with Crippen LogP contribution in [0.1, 0.15) is 0 Å². The molecular weight excluding hydrogens is 547 g/mol. The van der Waals surface area contributed by atoms with Crippen molar-refractivity contribution in [1.29, 1.82) is 0 Å². The number of benzene rings is 2. The van der Waals surface area contributed by atoms with Crippen molar-refractivity contribution in [1.82, 2.24) is 4.98 Å². The first kappa shape index (κ1) is 24.2. The number of hydrogen-bond donors (Lipinski definition) is 2. The summed E-state index contributed by atoms with van der Waals surface area (Å²) in [7, 11) is 0.539. The van der Waals surface area contributed by atoms with Crippen molar-refractivity contribution in [2.75, 3.05) is 14.2 Å². The van der Waals surface area contributed by atoms with Crippen molar-refractivity contribution in [2.45, 2.75) is 19.6 Å². The first-order valence-electron chi connectivity index (χ1n) is 8.73.